The van der Waals surface area contributed by atoms with Gasteiger partial charge in [-0.05, 0) is 44.5 Å². The highest BCUT2D eigenvalue weighted by molar-refractivity contribution is 5.24. The van der Waals surface area contributed by atoms with Gasteiger partial charge in [0.1, 0.15) is 6.61 Å². The molecule has 1 aliphatic heterocycles. The Balaban J connectivity index is 1.98. The van der Waals surface area contributed by atoms with Crippen LogP contribution < -0.4 is 4.74 Å². The van der Waals surface area contributed by atoms with Gasteiger partial charge in [-0.3, -0.25) is 0 Å². The molecule has 1 aromatic heterocycles. The van der Waals surface area contributed by atoms with Crippen LogP contribution >= 0.6 is 0 Å². The van der Waals surface area contributed by atoms with E-state index in [4.69, 9.17) is 4.74 Å². The summed E-state index contributed by atoms with van der Waals surface area (Å²) in [6.07, 6.45) is 5.73. The van der Waals surface area contributed by atoms with E-state index in [0.29, 0.717) is 18.5 Å². The minimum Gasteiger partial charge on any atom is -0.476 e. The molecule has 1 aromatic rings. The maximum atomic E-state index is 9.32. The van der Waals surface area contributed by atoms with Crippen LogP contribution in [0.4, 0.5) is 0 Å². The van der Waals surface area contributed by atoms with Gasteiger partial charge in [-0.15, -0.1) is 0 Å². The monoisotopic (exact) mass is 278 g/mol. The number of hydrogen-bond donors (Lipinski definition) is 1. The molecule has 0 aliphatic carbocycles. The molecule has 0 spiro atoms. The van der Waals surface area contributed by atoms with E-state index in [0.717, 1.165) is 30.6 Å². The summed E-state index contributed by atoms with van der Waals surface area (Å²) in [5, 5.41) is 9.32. The van der Waals surface area contributed by atoms with Crippen molar-refractivity contribution < 1.29 is 9.84 Å². The number of ether oxygens (including phenoxy) is 1. The zero-order valence-electron chi connectivity index (χ0n) is 12.6. The lowest BCUT2D eigenvalue weighted by Crippen LogP contribution is -2.40. The lowest BCUT2D eigenvalue weighted by atomic mass is 10.0. The summed E-state index contributed by atoms with van der Waals surface area (Å²) < 4.78 is 5.88. The number of likely N-dealkylation sites (tertiary alicyclic amines) is 1. The molecule has 112 valence electrons. The van der Waals surface area contributed by atoms with Gasteiger partial charge in [-0.25, -0.2) is 4.98 Å². The van der Waals surface area contributed by atoms with Gasteiger partial charge in [0, 0.05) is 17.8 Å². The lowest BCUT2D eigenvalue weighted by molar-refractivity contribution is 0.122. The summed E-state index contributed by atoms with van der Waals surface area (Å²) in [7, 11) is 2.16. The number of rotatable bonds is 6. The Bertz CT molecular complexity index is 423. The Labute approximate surface area is 121 Å². The minimum absolute atomic E-state index is 0.0406. The van der Waals surface area contributed by atoms with Gasteiger partial charge in [0.2, 0.25) is 5.88 Å². The Kier molecular flexibility index (Phi) is 5.80. The SMILES string of the molecule is CCCc1cc(CO)cc(OCC2CCCCN2C)n1. The van der Waals surface area contributed by atoms with E-state index in [1.54, 1.807) is 0 Å². The normalized spacial score (nSPS) is 20.1. The second-order valence-corrected chi connectivity index (χ2v) is 5.65. The first-order valence-corrected chi connectivity index (χ1v) is 7.66. The molecule has 2 rings (SSSR count). The summed E-state index contributed by atoms with van der Waals surface area (Å²) in [6, 6.07) is 4.29. The highest BCUT2D eigenvalue weighted by Gasteiger charge is 2.19. The fourth-order valence-corrected chi connectivity index (χ4v) is 2.71. The van der Waals surface area contributed by atoms with Crippen molar-refractivity contribution in [3.63, 3.8) is 0 Å². The van der Waals surface area contributed by atoms with E-state index in [2.05, 4.69) is 23.9 Å². The number of piperidine rings is 1. The molecular formula is C16H26N2O2. The predicted molar refractivity (Wildman–Crippen MR) is 79.9 cm³/mol. The van der Waals surface area contributed by atoms with Crippen LogP contribution in [0.15, 0.2) is 12.1 Å². The highest BCUT2D eigenvalue weighted by atomic mass is 16.5. The van der Waals surface area contributed by atoms with E-state index >= 15 is 0 Å². The van der Waals surface area contributed by atoms with Crippen LogP contribution in [0.1, 0.15) is 43.9 Å². The quantitative estimate of drug-likeness (QED) is 0.868. The van der Waals surface area contributed by atoms with Gasteiger partial charge in [-0.2, -0.15) is 0 Å². The van der Waals surface area contributed by atoms with Crippen molar-refractivity contribution in [2.75, 3.05) is 20.2 Å². The molecule has 0 amide bonds. The Morgan fingerprint density at radius 2 is 2.25 bits per heavy atom. The number of aliphatic hydroxyl groups excluding tert-OH is 1. The fraction of sp³-hybridized carbons (Fsp3) is 0.688. The molecule has 1 atom stereocenters. The minimum atomic E-state index is 0.0406. The Morgan fingerprint density at radius 1 is 1.40 bits per heavy atom. The van der Waals surface area contributed by atoms with Gasteiger partial charge in [0.15, 0.2) is 0 Å². The number of hydrogen-bond acceptors (Lipinski definition) is 4. The Morgan fingerprint density at radius 3 is 2.95 bits per heavy atom. The van der Waals surface area contributed by atoms with Crippen LogP contribution in [0.3, 0.4) is 0 Å². The van der Waals surface area contributed by atoms with Crippen molar-refractivity contribution in [1.82, 2.24) is 9.88 Å². The molecule has 20 heavy (non-hydrogen) atoms. The first kappa shape index (κ1) is 15.3. The number of likely N-dealkylation sites (N-methyl/N-ethyl adjacent to an activating group) is 1. The third-order valence-electron chi connectivity index (χ3n) is 3.95. The Hall–Kier alpha value is -1.13. The maximum Gasteiger partial charge on any atom is 0.213 e. The molecular weight excluding hydrogens is 252 g/mol. The molecule has 4 heteroatoms. The summed E-state index contributed by atoms with van der Waals surface area (Å²) in [6.45, 7) is 4.01. The number of nitrogens with zero attached hydrogens (tertiary/aromatic N) is 2. The third kappa shape index (κ3) is 4.18. The fourth-order valence-electron chi connectivity index (χ4n) is 2.71. The van der Waals surface area contributed by atoms with E-state index < -0.39 is 0 Å². The number of aromatic nitrogens is 1. The van der Waals surface area contributed by atoms with Gasteiger partial charge in [0.05, 0.1) is 6.61 Å². The van der Waals surface area contributed by atoms with Crippen molar-refractivity contribution in [2.24, 2.45) is 0 Å². The van der Waals surface area contributed by atoms with Gasteiger partial charge in [-0.1, -0.05) is 19.8 Å². The smallest absolute Gasteiger partial charge is 0.213 e. The first-order valence-electron chi connectivity index (χ1n) is 7.66. The lowest BCUT2D eigenvalue weighted by Gasteiger charge is -2.32. The van der Waals surface area contributed by atoms with Crippen molar-refractivity contribution >= 4 is 0 Å². The average Bonchev–Trinajstić information content (AvgIpc) is 2.46. The van der Waals surface area contributed by atoms with Crippen molar-refractivity contribution in [1.29, 1.82) is 0 Å². The molecule has 4 nitrogen and oxygen atoms in total. The van der Waals surface area contributed by atoms with E-state index in [1.807, 2.05) is 12.1 Å². The van der Waals surface area contributed by atoms with Crippen molar-refractivity contribution in [3.8, 4) is 5.88 Å². The molecule has 0 aromatic carbocycles. The van der Waals surface area contributed by atoms with Crippen molar-refractivity contribution in [3.05, 3.63) is 23.4 Å². The third-order valence-corrected chi connectivity index (χ3v) is 3.95. The van der Waals surface area contributed by atoms with Crippen LogP contribution in [-0.2, 0) is 13.0 Å². The second-order valence-electron chi connectivity index (χ2n) is 5.65. The standard InChI is InChI=1S/C16H26N2O2/c1-3-6-14-9-13(11-19)10-16(17-14)20-12-15-7-4-5-8-18(15)2/h9-10,15,19H,3-8,11-12H2,1-2H3. The zero-order valence-corrected chi connectivity index (χ0v) is 12.6. The molecule has 0 bridgehead atoms. The maximum absolute atomic E-state index is 9.32. The van der Waals surface area contributed by atoms with Crippen molar-refractivity contribution in [2.45, 2.75) is 51.7 Å². The molecule has 0 radical (unpaired) electrons. The number of aryl methyl sites for hydroxylation is 1. The summed E-state index contributed by atoms with van der Waals surface area (Å²) >= 11 is 0. The van der Waals surface area contributed by atoms with Gasteiger partial charge < -0.3 is 14.7 Å². The van der Waals surface area contributed by atoms with Crippen LogP contribution in [0.25, 0.3) is 0 Å². The zero-order chi connectivity index (χ0) is 14.4. The van der Waals surface area contributed by atoms with Gasteiger partial charge >= 0.3 is 0 Å². The van der Waals surface area contributed by atoms with E-state index in [-0.39, 0.29) is 6.61 Å². The second kappa shape index (κ2) is 7.60. The van der Waals surface area contributed by atoms with Crippen LogP contribution in [-0.4, -0.2) is 41.2 Å². The van der Waals surface area contributed by atoms with E-state index in [9.17, 15) is 5.11 Å². The molecule has 1 unspecified atom stereocenters. The van der Waals surface area contributed by atoms with Gasteiger partial charge in [0.25, 0.3) is 0 Å². The first-order chi connectivity index (χ1) is 9.72. The van der Waals surface area contributed by atoms with Crippen LogP contribution in [0, 0.1) is 0 Å². The summed E-state index contributed by atoms with van der Waals surface area (Å²) in [5.74, 6) is 0.652. The molecule has 2 heterocycles. The largest absolute Gasteiger partial charge is 0.476 e. The average molecular weight is 278 g/mol. The van der Waals surface area contributed by atoms with E-state index in [1.165, 1.54) is 19.3 Å². The molecule has 0 saturated carbocycles. The van der Waals surface area contributed by atoms with Crippen LogP contribution in [0.5, 0.6) is 5.88 Å². The topological polar surface area (TPSA) is 45.6 Å². The summed E-state index contributed by atoms with van der Waals surface area (Å²) in [5.41, 5.74) is 1.89. The number of pyridine rings is 1. The predicted octanol–water partition coefficient (Wildman–Crippen LogP) is 2.39. The summed E-state index contributed by atoms with van der Waals surface area (Å²) in [4.78, 5) is 6.90. The molecule has 1 N–H and O–H groups in total. The molecule has 1 saturated heterocycles. The molecule has 1 fully saturated rings. The van der Waals surface area contributed by atoms with Crippen LogP contribution in [0.2, 0.25) is 0 Å². The molecule has 1 aliphatic rings. The number of aliphatic hydroxyl groups is 1. The highest BCUT2D eigenvalue weighted by Crippen LogP contribution is 2.18.